The maximum atomic E-state index is 6.07. The highest BCUT2D eigenvalue weighted by Crippen LogP contribution is 2.37. The Hall–Kier alpha value is -0.940. The van der Waals surface area contributed by atoms with Crippen molar-refractivity contribution >= 4 is 39.1 Å². The van der Waals surface area contributed by atoms with Crippen LogP contribution in [0.15, 0.2) is 34.8 Å². The summed E-state index contributed by atoms with van der Waals surface area (Å²) in [6, 6.07) is 9.55. The normalized spacial score (nSPS) is 11.0. The maximum absolute atomic E-state index is 6.07. The molecule has 0 unspecified atom stereocenters. The minimum atomic E-state index is 0.376. The number of ether oxygens (including phenoxy) is 2. The van der Waals surface area contributed by atoms with Gasteiger partial charge < -0.3 is 14.8 Å². The lowest BCUT2D eigenvalue weighted by molar-refractivity contribution is 0.267. The van der Waals surface area contributed by atoms with Gasteiger partial charge in [0.25, 0.3) is 0 Å². The summed E-state index contributed by atoms with van der Waals surface area (Å²) in [4.78, 5) is 0. The Balaban J connectivity index is 2.14. The molecule has 3 nitrogen and oxygen atoms in total. The van der Waals surface area contributed by atoms with E-state index in [0.29, 0.717) is 34.9 Å². The van der Waals surface area contributed by atoms with Crippen LogP contribution in [0.3, 0.4) is 0 Å². The lowest BCUT2D eigenvalue weighted by Gasteiger charge is -2.16. The van der Waals surface area contributed by atoms with Crippen LogP contribution < -0.4 is 14.8 Å². The van der Waals surface area contributed by atoms with Crippen molar-refractivity contribution in [3.63, 3.8) is 0 Å². The monoisotopic (exact) mass is 459 g/mol. The Morgan fingerprint density at radius 1 is 1.04 bits per heavy atom. The zero-order valence-corrected chi connectivity index (χ0v) is 18.3. The number of hydrogen-bond donors (Lipinski definition) is 1. The van der Waals surface area contributed by atoms with Gasteiger partial charge in [-0.25, -0.2) is 0 Å². The van der Waals surface area contributed by atoms with Crippen LogP contribution in [0.25, 0.3) is 0 Å². The van der Waals surface area contributed by atoms with Crippen LogP contribution in [0.4, 0.5) is 0 Å². The molecule has 0 saturated heterocycles. The molecule has 0 saturated carbocycles. The van der Waals surface area contributed by atoms with Crippen LogP contribution in [0.2, 0.25) is 10.0 Å². The van der Waals surface area contributed by atoms with Gasteiger partial charge >= 0.3 is 0 Å². The van der Waals surface area contributed by atoms with Crippen molar-refractivity contribution in [1.29, 1.82) is 0 Å². The van der Waals surface area contributed by atoms with Crippen LogP contribution in [0.1, 0.15) is 31.9 Å². The predicted molar refractivity (Wildman–Crippen MR) is 113 cm³/mol. The molecule has 0 fully saturated rings. The molecule has 0 aliphatic rings. The molecule has 0 atom stereocenters. The van der Waals surface area contributed by atoms with Crippen LogP contribution >= 0.6 is 39.1 Å². The maximum Gasteiger partial charge on any atom is 0.175 e. The van der Waals surface area contributed by atoms with Gasteiger partial charge in [0.2, 0.25) is 0 Å². The molecule has 0 radical (unpaired) electrons. The molecule has 0 heterocycles. The van der Waals surface area contributed by atoms with Crippen molar-refractivity contribution in [2.24, 2.45) is 5.92 Å². The smallest absolute Gasteiger partial charge is 0.175 e. The zero-order valence-electron chi connectivity index (χ0n) is 15.2. The van der Waals surface area contributed by atoms with Crippen LogP contribution in [0, 0.1) is 5.92 Å². The van der Waals surface area contributed by atoms with Gasteiger partial charge in [-0.1, -0.05) is 43.1 Å². The third-order valence-electron chi connectivity index (χ3n) is 3.62. The second-order valence-electron chi connectivity index (χ2n) is 6.40. The number of nitrogens with one attached hydrogen (secondary N) is 1. The molecular weight excluding hydrogens is 437 g/mol. The summed E-state index contributed by atoms with van der Waals surface area (Å²) in [5.41, 5.74) is 2.08. The fourth-order valence-electron chi connectivity index (χ4n) is 2.42. The van der Waals surface area contributed by atoms with E-state index in [1.165, 1.54) is 0 Å². The van der Waals surface area contributed by atoms with Gasteiger partial charge in [-0.05, 0) is 70.7 Å². The van der Waals surface area contributed by atoms with E-state index in [2.05, 4.69) is 41.2 Å². The highest BCUT2D eigenvalue weighted by molar-refractivity contribution is 9.10. The molecule has 1 N–H and O–H groups in total. The molecule has 6 heteroatoms. The highest BCUT2D eigenvalue weighted by Gasteiger charge is 2.13. The van der Waals surface area contributed by atoms with Gasteiger partial charge in [-0.2, -0.15) is 0 Å². The molecule has 2 aromatic rings. The van der Waals surface area contributed by atoms with Gasteiger partial charge in [0.1, 0.15) is 6.61 Å². The van der Waals surface area contributed by atoms with Crippen molar-refractivity contribution < 1.29 is 9.47 Å². The van der Waals surface area contributed by atoms with Crippen LogP contribution in [0.5, 0.6) is 11.5 Å². The standard InChI is InChI=1S/C20H24BrCl2NO2/c1-4-25-19-9-15(11-24-10-13(2)3)7-16(21)20(19)26-12-14-5-6-17(22)18(23)8-14/h5-9,13,24H,4,10-12H2,1-3H3. The summed E-state index contributed by atoms with van der Waals surface area (Å²) in [7, 11) is 0. The molecule has 0 amide bonds. The molecule has 0 aliphatic carbocycles. The summed E-state index contributed by atoms with van der Waals surface area (Å²) in [6.45, 7) is 9.03. The molecular formula is C20H24BrCl2NO2. The van der Waals surface area contributed by atoms with E-state index >= 15 is 0 Å². The summed E-state index contributed by atoms with van der Waals surface area (Å²) in [5.74, 6) is 2.02. The number of rotatable bonds is 9. The van der Waals surface area contributed by atoms with Crippen molar-refractivity contribution in [3.8, 4) is 11.5 Å². The molecule has 0 bridgehead atoms. The fraction of sp³-hybridized carbons (Fsp3) is 0.400. The zero-order chi connectivity index (χ0) is 19.1. The fourth-order valence-corrected chi connectivity index (χ4v) is 3.34. The Labute approximate surface area is 174 Å². The number of hydrogen-bond acceptors (Lipinski definition) is 3. The van der Waals surface area contributed by atoms with Crippen molar-refractivity contribution in [2.45, 2.75) is 33.9 Å². The van der Waals surface area contributed by atoms with Crippen molar-refractivity contribution in [3.05, 3.63) is 56.0 Å². The van der Waals surface area contributed by atoms with Crippen LogP contribution in [-0.4, -0.2) is 13.2 Å². The summed E-state index contributed by atoms with van der Waals surface area (Å²) < 4.78 is 12.7. The first-order valence-corrected chi connectivity index (χ1v) is 10.2. The lowest BCUT2D eigenvalue weighted by Crippen LogP contribution is -2.19. The average molecular weight is 461 g/mol. The Morgan fingerprint density at radius 2 is 1.81 bits per heavy atom. The minimum absolute atomic E-state index is 0.376. The largest absolute Gasteiger partial charge is 0.490 e. The van der Waals surface area contributed by atoms with E-state index in [9.17, 15) is 0 Å². The summed E-state index contributed by atoms with van der Waals surface area (Å²) in [5, 5.41) is 4.49. The van der Waals surface area contributed by atoms with Crippen molar-refractivity contribution in [1.82, 2.24) is 5.32 Å². The minimum Gasteiger partial charge on any atom is -0.490 e. The average Bonchev–Trinajstić information content (AvgIpc) is 2.57. The Morgan fingerprint density at radius 3 is 2.46 bits per heavy atom. The first-order valence-electron chi connectivity index (χ1n) is 8.63. The topological polar surface area (TPSA) is 30.5 Å². The second kappa shape index (κ2) is 10.4. The van der Waals surface area contributed by atoms with E-state index < -0.39 is 0 Å². The SMILES string of the molecule is CCOc1cc(CNCC(C)C)cc(Br)c1OCc1ccc(Cl)c(Cl)c1. The quantitative estimate of drug-likeness (QED) is 0.464. The Bertz CT molecular complexity index is 738. The summed E-state index contributed by atoms with van der Waals surface area (Å²) >= 11 is 15.6. The molecule has 0 spiro atoms. The van der Waals surface area contributed by atoms with Crippen molar-refractivity contribution in [2.75, 3.05) is 13.2 Å². The van der Waals surface area contributed by atoms with E-state index in [1.807, 2.05) is 25.1 Å². The Kier molecular flexibility index (Phi) is 8.55. The van der Waals surface area contributed by atoms with Gasteiger partial charge in [-0.3, -0.25) is 0 Å². The number of halogens is 3. The lowest BCUT2D eigenvalue weighted by atomic mass is 10.1. The molecule has 2 rings (SSSR count). The second-order valence-corrected chi connectivity index (χ2v) is 8.07. The molecule has 2 aromatic carbocycles. The van der Waals surface area contributed by atoms with E-state index in [1.54, 1.807) is 6.07 Å². The molecule has 26 heavy (non-hydrogen) atoms. The van der Waals surface area contributed by atoms with Gasteiger partial charge in [0, 0.05) is 6.54 Å². The molecule has 0 aromatic heterocycles. The van der Waals surface area contributed by atoms with Gasteiger partial charge in [-0.15, -0.1) is 0 Å². The van der Waals surface area contributed by atoms with E-state index in [4.69, 9.17) is 32.7 Å². The number of benzene rings is 2. The third kappa shape index (κ3) is 6.34. The molecule has 0 aliphatic heterocycles. The molecule has 142 valence electrons. The first kappa shape index (κ1) is 21.4. The first-order chi connectivity index (χ1) is 12.4. The summed E-state index contributed by atoms with van der Waals surface area (Å²) in [6.07, 6.45) is 0. The van der Waals surface area contributed by atoms with E-state index in [0.717, 1.165) is 34.4 Å². The van der Waals surface area contributed by atoms with Gasteiger partial charge in [0.15, 0.2) is 11.5 Å². The highest BCUT2D eigenvalue weighted by atomic mass is 79.9. The van der Waals surface area contributed by atoms with Crippen LogP contribution in [-0.2, 0) is 13.2 Å². The predicted octanol–water partition coefficient (Wildman–Crippen LogP) is 6.48. The van der Waals surface area contributed by atoms with E-state index in [-0.39, 0.29) is 0 Å². The third-order valence-corrected chi connectivity index (χ3v) is 4.95. The van der Waals surface area contributed by atoms with Gasteiger partial charge in [0.05, 0.1) is 21.1 Å².